The molecule has 1 aromatic heterocycles. The molecule has 0 atom stereocenters. The molecule has 0 fully saturated rings. The van der Waals surface area contributed by atoms with E-state index in [1.807, 2.05) is 0 Å². The van der Waals surface area contributed by atoms with E-state index in [0.717, 1.165) is 6.42 Å². The topological polar surface area (TPSA) is 77.2 Å². The van der Waals surface area contributed by atoms with Crippen LogP contribution in [0.5, 0.6) is 5.88 Å². The van der Waals surface area contributed by atoms with Gasteiger partial charge in [-0.2, -0.15) is 0 Å². The van der Waals surface area contributed by atoms with Crippen LogP contribution in [0.4, 0.5) is 0 Å². The van der Waals surface area contributed by atoms with Gasteiger partial charge in [0.2, 0.25) is 5.91 Å². The van der Waals surface area contributed by atoms with Crippen molar-refractivity contribution in [3.05, 3.63) is 5.69 Å². The van der Waals surface area contributed by atoms with Gasteiger partial charge in [-0.05, 0) is 23.9 Å². The number of nitrogens with one attached hydrogen (secondary N) is 1. The average molecular weight is 255 g/mol. The Morgan fingerprint density at radius 2 is 2.11 bits per heavy atom. The summed E-state index contributed by atoms with van der Waals surface area (Å²) in [5.74, 6) is 0.419. The second-order valence-corrected chi connectivity index (χ2v) is 5.41. The van der Waals surface area contributed by atoms with E-state index in [-0.39, 0.29) is 11.3 Å². The number of rotatable bonds is 6. The number of carbonyl (C=O) groups is 1. The lowest BCUT2D eigenvalue weighted by Gasteiger charge is -2.17. The Morgan fingerprint density at radius 3 is 2.67 bits per heavy atom. The minimum Gasteiger partial charge on any atom is -0.472 e. The third-order valence-electron chi connectivity index (χ3n) is 2.38. The van der Waals surface area contributed by atoms with E-state index in [9.17, 15) is 4.79 Å². The summed E-state index contributed by atoms with van der Waals surface area (Å²) in [6, 6.07) is 0. The second-order valence-electron chi connectivity index (χ2n) is 5.41. The predicted octanol–water partition coefficient (Wildman–Crippen LogP) is 1.70. The first-order valence-corrected chi connectivity index (χ1v) is 6.07. The van der Waals surface area contributed by atoms with Gasteiger partial charge < -0.3 is 10.1 Å². The molecule has 6 nitrogen and oxygen atoms in total. The smallest absolute Gasteiger partial charge is 0.278 e. The maximum atomic E-state index is 11.5. The fourth-order valence-electron chi connectivity index (χ4n) is 1.27. The summed E-state index contributed by atoms with van der Waals surface area (Å²) < 4.78 is 9.78. The van der Waals surface area contributed by atoms with Crippen LogP contribution < -0.4 is 10.1 Å². The summed E-state index contributed by atoms with van der Waals surface area (Å²) >= 11 is 0. The van der Waals surface area contributed by atoms with Crippen LogP contribution in [-0.2, 0) is 4.79 Å². The molecular formula is C12H21N3O3. The highest BCUT2D eigenvalue weighted by Crippen LogP contribution is 2.20. The zero-order chi connectivity index (χ0) is 13.6. The molecule has 0 aliphatic carbocycles. The van der Waals surface area contributed by atoms with Crippen LogP contribution in [0.25, 0.3) is 0 Å². The van der Waals surface area contributed by atoms with E-state index in [1.165, 1.54) is 0 Å². The fourth-order valence-corrected chi connectivity index (χ4v) is 1.27. The summed E-state index contributed by atoms with van der Waals surface area (Å²) in [6.45, 7) is 8.90. The summed E-state index contributed by atoms with van der Waals surface area (Å²) in [5.41, 5.74) is 0.784. The molecule has 1 rings (SSSR count). The SMILES string of the molecule is Cc1nonc1OCCNC(=O)CCC(C)(C)C. The van der Waals surface area contributed by atoms with Gasteiger partial charge in [-0.1, -0.05) is 25.9 Å². The van der Waals surface area contributed by atoms with Crippen LogP contribution in [-0.4, -0.2) is 29.4 Å². The van der Waals surface area contributed by atoms with Gasteiger partial charge in [0.25, 0.3) is 5.88 Å². The fraction of sp³-hybridized carbons (Fsp3) is 0.750. The Labute approximate surface area is 107 Å². The molecule has 1 amide bonds. The Balaban J connectivity index is 2.11. The third-order valence-corrected chi connectivity index (χ3v) is 2.38. The molecule has 18 heavy (non-hydrogen) atoms. The lowest BCUT2D eigenvalue weighted by Crippen LogP contribution is -2.28. The number of carbonyl (C=O) groups excluding carboxylic acids is 1. The van der Waals surface area contributed by atoms with Gasteiger partial charge >= 0.3 is 0 Å². The van der Waals surface area contributed by atoms with E-state index in [0.29, 0.717) is 31.1 Å². The molecule has 1 heterocycles. The molecule has 0 saturated heterocycles. The third kappa shape index (κ3) is 5.65. The minimum absolute atomic E-state index is 0.0449. The lowest BCUT2D eigenvalue weighted by atomic mass is 9.90. The monoisotopic (exact) mass is 255 g/mol. The molecule has 0 radical (unpaired) electrons. The molecule has 0 bridgehead atoms. The van der Waals surface area contributed by atoms with Gasteiger partial charge in [-0.3, -0.25) is 4.79 Å². The maximum absolute atomic E-state index is 11.5. The predicted molar refractivity (Wildman–Crippen MR) is 66.2 cm³/mol. The molecule has 0 spiro atoms. The molecule has 102 valence electrons. The van der Waals surface area contributed by atoms with Crippen molar-refractivity contribution in [3.8, 4) is 5.88 Å². The number of aryl methyl sites for hydroxylation is 1. The largest absolute Gasteiger partial charge is 0.472 e. The highest BCUT2D eigenvalue weighted by Gasteiger charge is 2.12. The van der Waals surface area contributed by atoms with Crippen LogP contribution in [0.3, 0.4) is 0 Å². The second kappa shape index (κ2) is 6.37. The highest BCUT2D eigenvalue weighted by atomic mass is 16.6. The molecule has 1 N–H and O–H groups in total. The first kappa shape index (κ1) is 14.5. The summed E-state index contributed by atoms with van der Waals surface area (Å²) in [4.78, 5) is 11.5. The Bertz CT molecular complexity index is 382. The first-order valence-electron chi connectivity index (χ1n) is 6.07. The average Bonchev–Trinajstić information content (AvgIpc) is 2.67. The number of amides is 1. The van der Waals surface area contributed by atoms with Crippen molar-refractivity contribution in [2.24, 2.45) is 5.41 Å². The van der Waals surface area contributed by atoms with E-state index in [4.69, 9.17) is 4.74 Å². The van der Waals surface area contributed by atoms with E-state index < -0.39 is 0 Å². The van der Waals surface area contributed by atoms with Gasteiger partial charge in [0.05, 0.1) is 6.54 Å². The van der Waals surface area contributed by atoms with E-state index in [2.05, 4.69) is 41.0 Å². The summed E-state index contributed by atoms with van der Waals surface area (Å²) in [7, 11) is 0. The van der Waals surface area contributed by atoms with Crippen molar-refractivity contribution in [2.75, 3.05) is 13.2 Å². The minimum atomic E-state index is 0.0449. The molecule has 0 aliphatic rings. The van der Waals surface area contributed by atoms with Crippen molar-refractivity contribution in [2.45, 2.75) is 40.5 Å². The molecule has 0 aromatic carbocycles. The molecule has 6 heteroatoms. The van der Waals surface area contributed by atoms with Gasteiger partial charge in [-0.15, -0.1) is 0 Å². The summed E-state index contributed by atoms with van der Waals surface area (Å²) in [6.07, 6.45) is 1.40. The maximum Gasteiger partial charge on any atom is 0.278 e. The van der Waals surface area contributed by atoms with Crippen molar-refractivity contribution >= 4 is 5.91 Å². The highest BCUT2D eigenvalue weighted by molar-refractivity contribution is 5.75. The van der Waals surface area contributed by atoms with Crippen LogP contribution in [0, 0.1) is 12.3 Å². The van der Waals surface area contributed by atoms with Crippen LogP contribution >= 0.6 is 0 Å². The molecule has 1 aromatic rings. The Kier molecular flexibility index (Phi) is 5.12. The van der Waals surface area contributed by atoms with Crippen molar-refractivity contribution in [3.63, 3.8) is 0 Å². The van der Waals surface area contributed by atoms with Gasteiger partial charge in [0, 0.05) is 6.42 Å². The Morgan fingerprint density at radius 1 is 1.39 bits per heavy atom. The van der Waals surface area contributed by atoms with Gasteiger partial charge in [0.1, 0.15) is 12.3 Å². The molecule has 0 unspecified atom stereocenters. The lowest BCUT2D eigenvalue weighted by molar-refractivity contribution is -0.121. The summed E-state index contributed by atoms with van der Waals surface area (Å²) in [5, 5.41) is 9.96. The van der Waals surface area contributed by atoms with Crippen molar-refractivity contribution in [1.29, 1.82) is 0 Å². The zero-order valence-corrected chi connectivity index (χ0v) is 11.4. The van der Waals surface area contributed by atoms with Crippen LogP contribution in [0.1, 0.15) is 39.3 Å². The van der Waals surface area contributed by atoms with Crippen LogP contribution in [0.15, 0.2) is 4.63 Å². The Hall–Kier alpha value is -1.59. The van der Waals surface area contributed by atoms with Crippen molar-refractivity contribution < 1.29 is 14.2 Å². The number of hydrogen-bond donors (Lipinski definition) is 1. The first-order chi connectivity index (χ1) is 8.38. The zero-order valence-electron chi connectivity index (χ0n) is 11.4. The molecule has 0 saturated carbocycles. The van der Waals surface area contributed by atoms with Crippen molar-refractivity contribution in [1.82, 2.24) is 15.6 Å². The van der Waals surface area contributed by atoms with Gasteiger partial charge in [0.15, 0.2) is 0 Å². The molecular weight excluding hydrogens is 234 g/mol. The number of nitrogens with zero attached hydrogens (tertiary/aromatic N) is 2. The molecule has 0 aliphatic heterocycles. The van der Waals surface area contributed by atoms with E-state index in [1.54, 1.807) is 6.92 Å². The van der Waals surface area contributed by atoms with E-state index >= 15 is 0 Å². The standard InChI is InChI=1S/C12H21N3O3/c1-9-11(15-18-14-9)17-8-7-13-10(16)5-6-12(2,3)4/h5-8H2,1-4H3,(H,13,16). The van der Waals surface area contributed by atoms with Gasteiger partial charge in [-0.25, -0.2) is 4.63 Å². The normalized spacial score (nSPS) is 11.3. The van der Waals surface area contributed by atoms with Crippen LogP contribution in [0.2, 0.25) is 0 Å². The number of aromatic nitrogens is 2. The number of ether oxygens (including phenoxy) is 1. The number of hydrogen-bond acceptors (Lipinski definition) is 5. The quantitative estimate of drug-likeness (QED) is 0.783.